The molecular weight excluding hydrogens is 357 g/mol. The third kappa shape index (κ3) is 12.2. The van der Waals surface area contributed by atoms with E-state index in [1.165, 1.54) is 4.90 Å². The first-order valence-electron chi connectivity index (χ1n) is 6.24. The molecule has 21 heavy (non-hydrogen) atoms. The van der Waals surface area contributed by atoms with Crippen molar-refractivity contribution in [2.75, 3.05) is 39.7 Å². The summed E-state index contributed by atoms with van der Waals surface area (Å²) < 4.78 is 1.47. The van der Waals surface area contributed by atoms with E-state index in [2.05, 4.69) is 49.1 Å². The molecule has 0 saturated heterocycles. The second kappa shape index (κ2) is 12.5. The molecule has 1 rings (SSSR count). The van der Waals surface area contributed by atoms with Crippen LogP contribution < -0.4 is 0 Å². The molecule has 1 aromatic rings. The van der Waals surface area contributed by atoms with E-state index in [9.17, 15) is 0 Å². The molecule has 0 spiro atoms. The Balaban J connectivity index is 0.000000567. The minimum absolute atomic E-state index is 0.509. The summed E-state index contributed by atoms with van der Waals surface area (Å²) in [7, 11) is 7.63. The van der Waals surface area contributed by atoms with Gasteiger partial charge in [-0.25, -0.2) is 0 Å². The second-order valence-corrected chi connectivity index (χ2v) is 8.26. The summed E-state index contributed by atoms with van der Waals surface area (Å²) in [4.78, 5) is 5.02. The van der Waals surface area contributed by atoms with Crippen LogP contribution in [0.25, 0.3) is 0 Å². The molecule has 0 aromatic heterocycles. The Morgan fingerprint density at radius 3 is 1.95 bits per heavy atom. The van der Waals surface area contributed by atoms with E-state index < -0.39 is 0 Å². The van der Waals surface area contributed by atoms with Crippen LogP contribution in [0.15, 0.2) is 35.2 Å². The van der Waals surface area contributed by atoms with Crippen molar-refractivity contribution in [2.45, 2.75) is 4.90 Å². The zero-order valence-corrected chi connectivity index (χ0v) is 16.8. The van der Waals surface area contributed by atoms with E-state index in [0.717, 1.165) is 15.8 Å². The van der Waals surface area contributed by atoms with Crippen molar-refractivity contribution in [3.63, 3.8) is 0 Å². The first-order valence-corrected chi connectivity index (χ1v) is 9.44. The zero-order chi connectivity index (χ0) is 16.3. The molecule has 0 N–H and O–H groups in total. The molecular formula is C14H21N2S5-. The molecule has 0 unspecified atom stereocenters. The molecule has 0 saturated carbocycles. The molecule has 0 fully saturated rings. The topological polar surface area (TPSA) is 6.48 Å². The lowest BCUT2D eigenvalue weighted by Crippen LogP contribution is -2.16. The van der Waals surface area contributed by atoms with Crippen LogP contribution in [-0.4, -0.2) is 58.1 Å². The summed E-state index contributed by atoms with van der Waals surface area (Å²) in [5, 5.41) is 0. The smallest absolute Gasteiger partial charge is 0.135 e. The van der Waals surface area contributed by atoms with E-state index in [4.69, 9.17) is 12.2 Å². The average molecular weight is 378 g/mol. The Bertz CT molecular complexity index is 421. The molecule has 118 valence electrons. The predicted molar refractivity (Wildman–Crippen MR) is 110 cm³/mol. The molecule has 0 heterocycles. The van der Waals surface area contributed by atoms with Crippen LogP contribution in [0.2, 0.25) is 0 Å². The minimum Gasteiger partial charge on any atom is -0.411 e. The average Bonchev–Trinajstić information content (AvgIpc) is 2.45. The van der Waals surface area contributed by atoms with Gasteiger partial charge in [-0.3, -0.25) is 0 Å². The summed E-state index contributed by atoms with van der Waals surface area (Å²) in [6.45, 7) is 0. The van der Waals surface area contributed by atoms with Gasteiger partial charge in [-0.05, 0) is 12.1 Å². The molecule has 0 aliphatic heterocycles. The van der Waals surface area contributed by atoms with Crippen molar-refractivity contribution in [2.24, 2.45) is 0 Å². The highest BCUT2D eigenvalue weighted by Crippen LogP contribution is 2.19. The zero-order valence-electron chi connectivity index (χ0n) is 12.7. The summed E-state index contributed by atoms with van der Waals surface area (Å²) in [5.41, 5.74) is 0. The predicted octanol–water partition coefficient (Wildman–Crippen LogP) is 3.74. The van der Waals surface area contributed by atoms with Crippen molar-refractivity contribution in [3.8, 4) is 0 Å². The first kappa shape index (κ1) is 20.9. The van der Waals surface area contributed by atoms with Crippen molar-refractivity contribution < 1.29 is 0 Å². The second-order valence-electron chi connectivity index (χ2n) is 4.33. The van der Waals surface area contributed by atoms with Gasteiger partial charge in [0.1, 0.15) is 4.32 Å². The maximum absolute atomic E-state index is 5.19. The van der Waals surface area contributed by atoms with Gasteiger partial charge in [0.05, 0.1) is 0 Å². The highest BCUT2D eigenvalue weighted by Gasteiger charge is 1.99. The third-order valence-corrected chi connectivity index (χ3v) is 5.79. The molecule has 1 aromatic carbocycles. The number of nitrogens with zero attached hydrogens (tertiary/aromatic N) is 2. The van der Waals surface area contributed by atoms with Gasteiger partial charge >= 0.3 is 0 Å². The Morgan fingerprint density at radius 2 is 1.52 bits per heavy atom. The first-order chi connectivity index (χ1) is 9.84. The molecule has 0 radical (unpaired) electrons. The lowest BCUT2D eigenvalue weighted by molar-refractivity contribution is 0.648. The van der Waals surface area contributed by atoms with E-state index in [1.807, 2.05) is 50.9 Å². The normalized spacial score (nSPS) is 9.33. The molecule has 0 aliphatic carbocycles. The van der Waals surface area contributed by atoms with E-state index >= 15 is 0 Å². The van der Waals surface area contributed by atoms with Crippen LogP contribution in [0, 0.1) is 0 Å². The van der Waals surface area contributed by atoms with Crippen molar-refractivity contribution in [3.05, 3.63) is 30.3 Å². The number of benzene rings is 1. The Kier molecular flexibility index (Phi) is 12.4. The van der Waals surface area contributed by atoms with Gasteiger partial charge in [-0.2, -0.15) is 0 Å². The van der Waals surface area contributed by atoms with Crippen LogP contribution in [-0.2, 0) is 12.6 Å². The van der Waals surface area contributed by atoms with E-state index in [-0.39, 0.29) is 0 Å². The standard InChI is InChI=1S/C11H15NS3.C3H7NS2/c1-12(2)11(13)15-9-8-14-10-6-4-3-5-7-10;1-4(2)3(5)6/h3-7H,8-9H2,1-2H3;1-2H3,(H,5,6)/p-1. The number of hydrogen-bond acceptors (Lipinski definition) is 5. The summed E-state index contributed by atoms with van der Waals surface area (Å²) in [6.07, 6.45) is 0. The van der Waals surface area contributed by atoms with E-state index in [0.29, 0.717) is 4.32 Å². The van der Waals surface area contributed by atoms with Crippen molar-refractivity contribution in [1.29, 1.82) is 0 Å². The van der Waals surface area contributed by atoms with Gasteiger partial charge in [-0.15, -0.1) is 11.8 Å². The Hall–Kier alpha value is -0.0800. The number of thiocarbonyl (C=S) groups is 2. The van der Waals surface area contributed by atoms with Crippen molar-refractivity contribution in [1.82, 2.24) is 9.80 Å². The molecule has 0 atom stereocenters. The van der Waals surface area contributed by atoms with Crippen LogP contribution in [0.5, 0.6) is 0 Å². The fraction of sp³-hybridized carbons (Fsp3) is 0.429. The maximum Gasteiger partial charge on any atom is 0.135 e. The fourth-order valence-corrected chi connectivity index (χ4v) is 2.87. The van der Waals surface area contributed by atoms with Gasteiger partial charge in [0.2, 0.25) is 0 Å². The number of rotatable bonds is 4. The van der Waals surface area contributed by atoms with Gasteiger partial charge in [0.15, 0.2) is 0 Å². The molecule has 0 bridgehead atoms. The highest BCUT2D eigenvalue weighted by atomic mass is 32.2. The largest absolute Gasteiger partial charge is 0.411 e. The maximum atomic E-state index is 5.19. The fourth-order valence-electron chi connectivity index (χ4n) is 0.934. The van der Waals surface area contributed by atoms with Gasteiger partial charge in [0, 0.05) is 44.6 Å². The molecule has 7 heteroatoms. The van der Waals surface area contributed by atoms with Gasteiger partial charge in [-0.1, -0.05) is 46.5 Å². The van der Waals surface area contributed by atoms with Crippen LogP contribution in [0.1, 0.15) is 0 Å². The van der Waals surface area contributed by atoms with Gasteiger partial charge in [0.25, 0.3) is 0 Å². The quantitative estimate of drug-likeness (QED) is 0.337. The monoisotopic (exact) mass is 377 g/mol. The Labute approximate surface area is 153 Å². The summed E-state index contributed by atoms with van der Waals surface area (Å²) in [5.74, 6) is 2.17. The lowest BCUT2D eigenvalue weighted by Gasteiger charge is -2.15. The minimum atomic E-state index is 0.509. The van der Waals surface area contributed by atoms with Crippen LogP contribution in [0.3, 0.4) is 0 Å². The third-order valence-electron chi connectivity index (χ3n) is 2.05. The van der Waals surface area contributed by atoms with Crippen LogP contribution in [0.4, 0.5) is 0 Å². The molecule has 0 amide bonds. The lowest BCUT2D eigenvalue weighted by atomic mass is 10.4. The Morgan fingerprint density at radius 1 is 1.00 bits per heavy atom. The van der Waals surface area contributed by atoms with Crippen LogP contribution >= 0.6 is 48.0 Å². The van der Waals surface area contributed by atoms with Crippen molar-refractivity contribution >= 4 is 69.2 Å². The summed E-state index contributed by atoms with van der Waals surface area (Å²) in [6, 6.07) is 10.5. The highest BCUT2D eigenvalue weighted by molar-refractivity contribution is 8.23. The molecule has 0 aliphatic rings. The number of thioether (sulfide) groups is 2. The van der Waals surface area contributed by atoms with Gasteiger partial charge < -0.3 is 34.6 Å². The molecule has 2 nitrogen and oxygen atoms in total. The number of hydrogen-bond donors (Lipinski definition) is 0. The van der Waals surface area contributed by atoms with E-state index in [1.54, 1.807) is 16.7 Å². The summed E-state index contributed by atoms with van der Waals surface area (Å²) >= 11 is 17.9. The SMILES string of the molecule is CN(C)C(=S)SCCSc1ccccc1.CN(C)C(=S)[S-].